The molecule has 2 rings (SSSR count). The van der Waals surface area contributed by atoms with Crippen molar-refractivity contribution in [2.24, 2.45) is 5.92 Å². The normalized spacial score (nSPS) is 18.5. The van der Waals surface area contributed by atoms with E-state index in [2.05, 4.69) is 10.6 Å². The van der Waals surface area contributed by atoms with Crippen molar-refractivity contribution in [3.05, 3.63) is 35.4 Å². The van der Waals surface area contributed by atoms with E-state index in [4.69, 9.17) is 0 Å². The number of carbonyl (C=O) groups excluding carboxylic acids is 1. The molecular formula is C16H22F2N2O. The molecule has 5 heteroatoms. The first kappa shape index (κ1) is 15.9. The van der Waals surface area contributed by atoms with Crippen molar-refractivity contribution >= 4 is 5.91 Å². The molecule has 116 valence electrons. The third-order valence-corrected chi connectivity index (χ3v) is 3.84. The minimum atomic E-state index is -0.582. The van der Waals surface area contributed by atoms with Gasteiger partial charge in [-0.2, -0.15) is 0 Å². The van der Waals surface area contributed by atoms with Gasteiger partial charge in [-0.15, -0.1) is 0 Å². The number of piperidine rings is 1. The SMILES string of the molecule is O=C(CCC1CCCNC1)NCCc1cc(F)cc(F)c1. The van der Waals surface area contributed by atoms with Crippen molar-refractivity contribution in [1.82, 2.24) is 10.6 Å². The quantitative estimate of drug-likeness (QED) is 0.846. The van der Waals surface area contributed by atoms with Gasteiger partial charge in [0.1, 0.15) is 11.6 Å². The Labute approximate surface area is 124 Å². The Hall–Kier alpha value is -1.49. The summed E-state index contributed by atoms with van der Waals surface area (Å²) in [6.07, 6.45) is 4.21. The van der Waals surface area contributed by atoms with Gasteiger partial charge in [-0.25, -0.2) is 8.78 Å². The summed E-state index contributed by atoms with van der Waals surface area (Å²) in [5, 5.41) is 6.14. The van der Waals surface area contributed by atoms with Crippen molar-refractivity contribution < 1.29 is 13.6 Å². The predicted molar refractivity (Wildman–Crippen MR) is 77.9 cm³/mol. The average molecular weight is 296 g/mol. The molecule has 2 N–H and O–H groups in total. The number of amides is 1. The molecule has 1 aliphatic rings. The first-order valence-corrected chi connectivity index (χ1v) is 7.56. The van der Waals surface area contributed by atoms with E-state index in [-0.39, 0.29) is 5.91 Å². The van der Waals surface area contributed by atoms with Crippen LogP contribution in [0.2, 0.25) is 0 Å². The van der Waals surface area contributed by atoms with Gasteiger partial charge in [0.05, 0.1) is 0 Å². The fraction of sp³-hybridized carbons (Fsp3) is 0.562. The smallest absolute Gasteiger partial charge is 0.220 e. The Balaban J connectivity index is 1.64. The largest absolute Gasteiger partial charge is 0.356 e. The van der Waals surface area contributed by atoms with Crippen LogP contribution in [-0.4, -0.2) is 25.5 Å². The van der Waals surface area contributed by atoms with Gasteiger partial charge < -0.3 is 10.6 Å². The summed E-state index contributed by atoms with van der Waals surface area (Å²) in [5.41, 5.74) is 0.560. The zero-order valence-corrected chi connectivity index (χ0v) is 12.1. The average Bonchev–Trinajstić information content (AvgIpc) is 2.45. The van der Waals surface area contributed by atoms with Crippen molar-refractivity contribution in [2.75, 3.05) is 19.6 Å². The van der Waals surface area contributed by atoms with E-state index in [0.29, 0.717) is 30.9 Å². The fourth-order valence-electron chi connectivity index (χ4n) is 2.70. The summed E-state index contributed by atoms with van der Waals surface area (Å²) < 4.78 is 26.0. The molecule has 1 amide bonds. The van der Waals surface area contributed by atoms with Gasteiger partial charge in [-0.05, 0) is 62.4 Å². The van der Waals surface area contributed by atoms with E-state index >= 15 is 0 Å². The highest BCUT2D eigenvalue weighted by Gasteiger charge is 2.14. The molecular weight excluding hydrogens is 274 g/mol. The highest BCUT2D eigenvalue weighted by Crippen LogP contribution is 2.15. The van der Waals surface area contributed by atoms with Crippen LogP contribution in [0.25, 0.3) is 0 Å². The number of rotatable bonds is 6. The van der Waals surface area contributed by atoms with E-state index in [1.54, 1.807) is 0 Å². The zero-order valence-electron chi connectivity index (χ0n) is 12.1. The molecule has 0 bridgehead atoms. The van der Waals surface area contributed by atoms with Gasteiger partial charge in [0, 0.05) is 19.0 Å². The Morgan fingerprint density at radius 2 is 2.05 bits per heavy atom. The molecule has 1 fully saturated rings. The molecule has 1 unspecified atom stereocenters. The van der Waals surface area contributed by atoms with E-state index in [9.17, 15) is 13.6 Å². The number of carbonyl (C=O) groups is 1. The van der Waals surface area contributed by atoms with E-state index in [0.717, 1.165) is 25.6 Å². The van der Waals surface area contributed by atoms with Crippen molar-refractivity contribution in [1.29, 1.82) is 0 Å². The lowest BCUT2D eigenvalue weighted by Gasteiger charge is -2.22. The van der Waals surface area contributed by atoms with Gasteiger partial charge in [0.25, 0.3) is 0 Å². The second-order valence-corrected chi connectivity index (χ2v) is 5.63. The van der Waals surface area contributed by atoms with Crippen LogP contribution in [0, 0.1) is 17.6 Å². The topological polar surface area (TPSA) is 41.1 Å². The lowest BCUT2D eigenvalue weighted by molar-refractivity contribution is -0.121. The van der Waals surface area contributed by atoms with Crippen molar-refractivity contribution in [3.63, 3.8) is 0 Å². The molecule has 0 aromatic heterocycles. The van der Waals surface area contributed by atoms with E-state index in [1.807, 2.05) is 0 Å². The molecule has 1 aliphatic heterocycles. The highest BCUT2D eigenvalue weighted by molar-refractivity contribution is 5.75. The summed E-state index contributed by atoms with van der Waals surface area (Å²) in [6.45, 7) is 2.48. The minimum Gasteiger partial charge on any atom is -0.356 e. The summed E-state index contributed by atoms with van der Waals surface area (Å²) in [5.74, 6) is -0.568. The van der Waals surface area contributed by atoms with Crippen LogP contribution in [0.3, 0.4) is 0 Å². The minimum absolute atomic E-state index is 0.0115. The van der Waals surface area contributed by atoms with Crippen molar-refractivity contribution in [3.8, 4) is 0 Å². The molecule has 0 saturated carbocycles. The molecule has 0 radical (unpaired) electrons. The van der Waals surface area contributed by atoms with Crippen molar-refractivity contribution in [2.45, 2.75) is 32.1 Å². The summed E-state index contributed by atoms with van der Waals surface area (Å²) in [4.78, 5) is 11.7. The maximum Gasteiger partial charge on any atom is 0.220 e. The Kier molecular flexibility index (Phi) is 6.11. The van der Waals surface area contributed by atoms with E-state index < -0.39 is 11.6 Å². The van der Waals surface area contributed by atoms with Crippen LogP contribution in [0.1, 0.15) is 31.2 Å². The molecule has 1 heterocycles. The number of hydrogen-bond acceptors (Lipinski definition) is 2. The molecule has 0 spiro atoms. The second-order valence-electron chi connectivity index (χ2n) is 5.63. The van der Waals surface area contributed by atoms with Crippen LogP contribution in [-0.2, 0) is 11.2 Å². The molecule has 3 nitrogen and oxygen atoms in total. The molecule has 1 aromatic rings. The maximum absolute atomic E-state index is 13.0. The van der Waals surface area contributed by atoms with Gasteiger partial charge >= 0.3 is 0 Å². The fourth-order valence-corrected chi connectivity index (χ4v) is 2.70. The predicted octanol–water partition coefficient (Wildman–Crippen LogP) is 2.40. The summed E-state index contributed by atoms with van der Waals surface area (Å²) in [7, 11) is 0. The molecule has 1 saturated heterocycles. The Bertz CT molecular complexity index is 453. The van der Waals surface area contributed by atoms with Crippen LogP contribution in [0.5, 0.6) is 0 Å². The first-order valence-electron chi connectivity index (χ1n) is 7.56. The number of benzene rings is 1. The standard InChI is InChI=1S/C16H22F2N2O/c17-14-8-13(9-15(18)10-14)5-7-20-16(21)4-3-12-2-1-6-19-11-12/h8-10,12,19H,1-7,11H2,(H,20,21). The lowest BCUT2D eigenvalue weighted by atomic mass is 9.94. The van der Waals surface area contributed by atoms with Crippen LogP contribution in [0.4, 0.5) is 8.78 Å². The van der Waals surface area contributed by atoms with Gasteiger partial charge in [-0.3, -0.25) is 4.79 Å². The third-order valence-electron chi connectivity index (χ3n) is 3.84. The number of nitrogens with one attached hydrogen (secondary N) is 2. The van der Waals surface area contributed by atoms with Crippen LogP contribution >= 0.6 is 0 Å². The number of halogens is 2. The summed E-state index contributed by atoms with van der Waals surface area (Å²) in [6, 6.07) is 3.44. The van der Waals surface area contributed by atoms with Crippen LogP contribution in [0.15, 0.2) is 18.2 Å². The lowest BCUT2D eigenvalue weighted by Crippen LogP contribution is -2.31. The monoisotopic (exact) mass is 296 g/mol. The summed E-state index contributed by atoms with van der Waals surface area (Å²) >= 11 is 0. The maximum atomic E-state index is 13.0. The zero-order chi connectivity index (χ0) is 15.1. The molecule has 1 aromatic carbocycles. The molecule has 1 atom stereocenters. The van der Waals surface area contributed by atoms with Gasteiger partial charge in [-0.1, -0.05) is 0 Å². The Morgan fingerprint density at radius 3 is 2.71 bits per heavy atom. The van der Waals surface area contributed by atoms with Crippen LogP contribution < -0.4 is 10.6 Å². The Morgan fingerprint density at radius 1 is 1.29 bits per heavy atom. The first-order chi connectivity index (χ1) is 10.1. The van der Waals surface area contributed by atoms with Gasteiger partial charge in [0.15, 0.2) is 0 Å². The third kappa shape index (κ3) is 5.79. The molecule has 0 aliphatic carbocycles. The van der Waals surface area contributed by atoms with E-state index in [1.165, 1.54) is 25.0 Å². The highest BCUT2D eigenvalue weighted by atomic mass is 19.1. The van der Waals surface area contributed by atoms with Gasteiger partial charge in [0.2, 0.25) is 5.91 Å². The number of hydrogen-bond donors (Lipinski definition) is 2. The molecule has 21 heavy (non-hydrogen) atoms. The second kappa shape index (κ2) is 8.08.